The highest BCUT2D eigenvalue weighted by Gasteiger charge is 2.27. The summed E-state index contributed by atoms with van der Waals surface area (Å²) < 4.78 is 11.1. The minimum absolute atomic E-state index is 0.260. The number of hydrogen-bond donors (Lipinski definition) is 1. The number of nitrogens with one attached hydrogen (secondary N) is 1. The van der Waals surface area contributed by atoms with E-state index in [0.29, 0.717) is 42.1 Å². The molecule has 3 heterocycles. The smallest absolute Gasteiger partial charge is 0.274 e. The molecule has 2 aromatic carbocycles. The molecule has 1 unspecified atom stereocenters. The van der Waals surface area contributed by atoms with Gasteiger partial charge in [0.15, 0.2) is 11.5 Å². The quantitative estimate of drug-likeness (QED) is 0.730. The Bertz CT molecular complexity index is 1080. The highest BCUT2D eigenvalue weighted by Crippen LogP contribution is 2.38. The molecule has 146 valence electrons. The van der Waals surface area contributed by atoms with Crippen molar-refractivity contribution in [1.29, 1.82) is 0 Å². The van der Waals surface area contributed by atoms with E-state index in [0.717, 1.165) is 12.1 Å². The Hall–Kier alpha value is -3.54. The van der Waals surface area contributed by atoms with Crippen molar-refractivity contribution < 1.29 is 14.3 Å². The Morgan fingerprint density at radius 3 is 2.79 bits per heavy atom. The zero-order chi connectivity index (χ0) is 19.8. The number of rotatable bonds is 3. The van der Waals surface area contributed by atoms with Gasteiger partial charge in [0.25, 0.3) is 5.91 Å². The number of pyridine rings is 1. The molecule has 6 nitrogen and oxygen atoms in total. The Kier molecular flexibility index (Phi) is 4.31. The van der Waals surface area contributed by atoms with Gasteiger partial charge in [0, 0.05) is 35.4 Å². The summed E-state index contributed by atoms with van der Waals surface area (Å²) in [5.74, 6) is 1.07. The van der Waals surface area contributed by atoms with Crippen molar-refractivity contribution >= 4 is 23.0 Å². The van der Waals surface area contributed by atoms with Crippen LogP contribution in [0.15, 0.2) is 60.8 Å². The molecule has 3 aromatic rings. The summed E-state index contributed by atoms with van der Waals surface area (Å²) >= 11 is 0. The number of carbonyl (C=O) groups is 1. The normalized spacial score (nSPS) is 17.0. The van der Waals surface area contributed by atoms with E-state index in [1.807, 2.05) is 18.2 Å². The number of aromatic nitrogens is 1. The molecule has 2 aliphatic rings. The second-order valence-corrected chi connectivity index (χ2v) is 7.26. The van der Waals surface area contributed by atoms with Gasteiger partial charge in [-0.25, -0.2) is 0 Å². The number of amides is 1. The number of anilines is 3. The van der Waals surface area contributed by atoms with E-state index in [4.69, 9.17) is 9.47 Å². The zero-order valence-electron chi connectivity index (χ0n) is 16.1. The minimum atomic E-state index is -0.260. The lowest BCUT2D eigenvalue weighted by Gasteiger charge is -2.25. The van der Waals surface area contributed by atoms with E-state index in [-0.39, 0.29) is 5.91 Å². The first-order chi connectivity index (χ1) is 14.2. The maximum absolute atomic E-state index is 12.8. The largest absolute Gasteiger partial charge is 0.486 e. The van der Waals surface area contributed by atoms with Crippen LogP contribution in [0.5, 0.6) is 11.5 Å². The Balaban J connectivity index is 1.39. The fraction of sp³-hybridized carbons (Fsp3) is 0.217. The van der Waals surface area contributed by atoms with Gasteiger partial charge in [-0.3, -0.25) is 9.78 Å². The van der Waals surface area contributed by atoms with Crippen LogP contribution in [0.25, 0.3) is 0 Å². The van der Waals surface area contributed by atoms with Crippen molar-refractivity contribution in [3.63, 3.8) is 0 Å². The van der Waals surface area contributed by atoms with Crippen LogP contribution in [0.3, 0.4) is 0 Å². The SMILES string of the molecule is CC1Cc2ccccc2N1c1ccnc(C(=O)Nc2ccc3c(c2)OCCO3)c1. The van der Waals surface area contributed by atoms with Crippen molar-refractivity contribution in [2.45, 2.75) is 19.4 Å². The summed E-state index contributed by atoms with van der Waals surface area (Å²) in [5, 5.41) is 2.90. The summed E-state index contributed by atoms with van der Waals surface area (Å²) in [6, 6.07) is 17.9. The second-order valence-electron chi connectivity index (χ2n) is 7.26. The average Bonchev–Trinajstić information content (AvgIpc) is 3.09. The van der Waals surface area contributed by atoms with Crippen LogP contribution in [0, 0.1) is 0 Å². The maximum atomic E-state index is 12.8. The van der Waals surface area contributed by atoms with E-state index in [1.165, 1.54) is 11.3 Å². The molecule has 0 saturated heterocycles. The van der Waals surface area contributed by atoms with Gasteiger partial charge in [0.1, 0.15) is 18.9 Å². The van der Waals surface area contributed by atoms with Gasteiger partial charge in [-0.05, 0) is 49.2 Å². The van der Waals surface area contributed by atoms with E-state index in [1.54, 1.807) is 24.4 Å². The molecule has 1 amide bonds. The summed E-state index contributed by atoms with van der Waals surface area (Å²) in [5.41, 5.74) is 4.48. The molecule has 2 aliphatic heterocycles. The van der Waals surface area contributed by atoms with Crippen LogP contribution < -0.4 is 19.7 Å². The molecule has 29 heavy (non-hydrogen) atoms. The van der Waals surface area contributed by atoms with Gasteiger partial charge in [0.05, 0.1) is 0 Å². The Morgan fingerprint density at radius 2 is 1.90 bits per heavy atom. The van der Waals surface area contributed by atoms with Crippen LogP contribution in [-0.2, 0) is 6.42 Å². The fourth-order valence-corrected chi connectivity index (χ4v) is 3.97. The highest BCUT2D eigenvalue weighted by molar-refractivity contribution is 6.03. The average molecular weight is 387 g/mol. The molecule has 0 radical (unpaired) electrons. The lowest BCUT2D eigenvalue weighted by Crippen LogP contribution is -2.24. The second kappa shape index (κ2) is 7.13. The van der Waals surface area contributed by atoms with Gasteiger partial charge < -0.3 is 19.7 Å². The molecule has 0 saturated carbocycles. The Morgan fingerprint density at radius 1 is 1.07 bits per heavy atom. The van der Waals surface area contributed by atoms with Gasteiger partial charge in [-0.2, -0.15) is 0 Å². The van der Waals surface area contributed by atoms with E-state index >= 15 is 0 Å². The first kappa shape index (κ1) is 17.6. The zero-order valence-corrected chi connectivity index (χ0v) is 16.1. The number of ether oxygens (including phenoxy) is 2. The first-order valence-corrected chi connectivity index (χ1v) is 9.73. The van der Waals surface area contributed by atoms with Crippen molar-refractivity contribution in [3.05, 3.63) is 72.1 Å². The topological polar surface area (TPSA) is 63.7 Å². The summed E-state index contributed by atoms with van der Waals surface area (Å²) in [4.78, 5) is 19.4. The van der Waals surface area contributed by atoms with E-state index < -0.39 is 0 Å². The molecular weight excluding hydrogens is 366 g/mol. The number of benzene rings is 2. The Labute approximate surface area is 169 Å². The van der Waals surface area contributed by atoms with Crippen molar-refractivity contribution in [2.24, 2.45) is 0 Å². The summed E-state index contributed by atoms with van der Waals surface area (Å²) in [7, 11) is 0. The lowest BCUT2D eigenvalue weighted by molar-refractivity contribution is 0.102. The summed E-state index contributed by atoms with van der Waals surface area (Å²) in [6.07, 6.45) is 2.67. The maximum Gasteiger partial charge on any atom is 0.274 e. The van der Waals surface area contributed by atoms with E-state index in [9.17, 15) is 4.79 Å². The number of carbonyl (C=O) groups excluding carboxylic acids is 1. The van der Waals surface area contributed by atoms with Crippen molar-refractivity contribution in [3.8, 4) is 11.5 Å². The monoisotopic (exact) mass is 387 g/mol. The summed E-state index contributed by atoms with van der Waals surface area (Å²) in [6.45, 7) is 3.23. The number of fused-ring (bicyclic) bond motifs is 2. The number of para-hydroxylation sites is 1. The van der Waals surface area contributed by atoms with Crippen molar-refractivity contribution in [2.75, 3.05) is 23.4 Å². The van der Waals surface area contributed by atoms with Gasteiger partial charge in [-0.1, -0.05) is 18.2 Å². The number of nitrogens with zero attached hydrogens (tertiary/aromatic N) is 2. The predicted molar refractivity (Wildman–Crippen MR) is 111 cm³/mol. The minimum Gasteiger partial charge on any atom is -0.486 e. The van der Waals surface area contributed by atoms with Crippen LogP contribution in [0.2, 0.25) is 0 Å². The first-order valence-electron chi connectivity index (χ1n) is 9.73. The van der Waals surface area contributed by atoms with Crippen LogP contribution in [0.4, 0.5) is 17.1 Å². The van der Waals surface area contributed by atoms with Gasteiger partial charge in [0.2, 0.25) is 0 Å². The third-order valence-electron chi connectivity index (χ3n) is 5.26. The molecule has 6 heteroatoms. The lowest BCUT2D eigenvalue weighted by atomic mass is 10.1. The molecule has 0 spiro atoms. The molecule has 0 bridgehead atoms. The van der Waals surface area contributed by atoms with Gasteiger partial charge >= 0.3 is 0 Å². The van der Waals surface area contributed by atoms with Crippen LogP contribution in [0.1, 0.15) is 23.0 Å². The third kappa shape index (κ3) is 3.27. The molecular formula is C23H21N3O3. The molecule has 0 fully saturated rings. The molecule has 5 rings (SSSR count). The predicted octanol–water partition coefficient (Wildman–Crippen LogP) is 4.19. The standard InChI is InChI=1S/C23H21N3O3/c1-15-12-16-4-2-3-5-20(16)26(15)18-8-9-24-19(14-18)23(27)25-17-6-7-21-22(13-17)29-11-10-28-21/h2-9,13-15H,10-12H2,1H3,(H,25,27). The molecule has 1 atom stereocenters. The van der Waals surface area contributed by atoms with Crippen LogP contribution >= 0.6 is 0 Å². The fourth-order valence-electron chi connectivity index (χ4n) is 3.97. The number of hydrogen-bond acceptors (Lipinski definition) is 5. The molecule has 1 N–H and O–H groups in total. The highest BCUT2D eigenvalue weighted by atomic mass is 16.6. The van der Waals surface area contributed by atoms with Gasteiger partial charge in [-0.15, -0.1) is 0 Å². The van der Waals surface area contributed by atoms with E-state index in [2.05, 4.69) is 40.3 Å². The van der Waals surface area contributed by atoms with Crippen LogP contribution in [-0.4, -0.2) is 30.1 Å². The van der Waals surface area contributed by atoms with Crippen molar-refractivity contribution in [1.82, 2.24) is 4.98 Å². The molecule has 0 aliphatic carbocycles. The third-order valence-corrected chi connectivity index (χ3v) is 5.26. The molecule has 1 aromatic heterocycles.